The number of halogens is 3. The molecule has 0 spiro atoms. The SMILES string of the molecule is O=C(Cc1cccc(F)c1)Nc1cc(F)ccc1F. The first-order chi connectivity index (χ1) is 9.04. The van der Waals surface area contributed by atoms with Crippen molar-refractivity contribution in [2.24, 2.45) is 0 Å². The number of rotatable bonds is 3. The highest BCUT2D eigenvalue weighted by molar-refractivity contribution is 5.92. The number of anilines is 1. The van der Waals surface area contributed by atoms with Crippen LogP contribution in [0, 0.1) is 17.5 Å². The quantitative estimate of drug-likeness (QED) is 0.906. The van der Waals surface area contributed by atoms with E-state index in [1.54, 1.807) is 6.07 Å². The topological polar surface area (TPSA) is 29.1 Å². The van der Waals surface area contributed by atoms with Crippen molar-refractivity contribution in [2.75, 3.05) is 5.32 Å². The Kier molecular flexibility index (Phi) is 3.85. The third-order valence-electron chi connectivity index (χ3n) is 2.46. The summed E-state index contributed by atoms with van der Waals surface area (Å²) >= 11 is 0. The molecule has 2 aromatic carbocycles. The highest BCUT2D eigenvalue weighted by Crippen LogP contribution is 2.15. The van der Waals surface area contributed by atoms with Crippen LogP contribution in [0.4, 0.5) is 18.9 Å². The zero-order valence-corrected chi connectivity index (χ0v) is 9.79. The molecule has 19 heavy (non-hydrogen) atoms. The van der Waals surface area contributed by atoms with Crippen molar-refractivity contribution in [1.29, 1.82) is 0 Å². The molecule has 0 radical (unpaired) electrons. The summed E-state index contributed by atoms with van der Waals surface area (Å²) in [7, 11) is 0. The van der Waals surface area contributed by atoms with E-state index in [9.17, 15) is 18.0 Å². The fraction of sp³-hybridized carbons (Fsp3) is 0.0714. The molecule has 0 fully saturated rings. The maximum atomic E-state index is 13.3. The van der Waals surface area contributed by atoms with Gasteiger partial charge in [-0.1, -0.05) is 12.1 Å². The maximum Gasteiger partial charge on any atom is 0.228 e. The lowest BCUT2D eigenvalue weighted by Gasteiger charge is -2.06. The second kappa shape index (κ2) is 5.56. The van der Waals surface area contributed by atoms with Gasteiger partial charge in [0.1, 0.15) is 17.5 Å². The van der Waals surface area contributed by atoms with E-state index in [1.807, 2.05) is 0 Å². The number of carbonyl (C=O) groups excluding carboxylic acids is 1. The molecule has 0 bridgehead atoms. The Morgan fingerprint density at radius 2 is 1.74 bits per heavy atom. The number of benzene rings is 2. The highest BCUT2D eigenvalue weighted by atomic mass is 19.1. The Bertz CT molecular complexity index is 613. The maximum absolute atomic E-state index is 13.3. The summed E-state index contributed by atoms with van der Waals surface area (Å²) in [5.41, 5.74) is 0.218. The fourth-order valence-corrected chi connectivity index (χ4v) is 1.62. The first kappa shape index (κ1) is 13.1. The van der Waals surface area contributed by atoms with E-state index >= 15 is 0 Å². The zero-order chi connectivity index (χ0) is 13.8. The van der Waals surface area contributed by atoms with Crippen LogP contribution in [-0.4, -0.2) is 5.91 Å². The molecular weight excluding hydrogens is 255 g/mol. The van der Waals surface area contributed by atoms with E-state index in [4.69, 9.17) is 0 Å². The van der Waals surface area contributed by atoms with Crippen molar-refractivity contribution >= 4 is 11.6 Å². The lowest BCUT2D eigenvalue weighted by Crippen LogP contribution is -2.15. The van der Waals surface area contributed by atoms with Crippen molar-refractivity contribution < 1.29 is 18.0 Å². The Hall–Kier alpha value is -2.30. The molecule has 0 heterocycles. The van der Waals surface area contributed by atoms with Crippen molar-refractivity contribution in [3.05, 3.63) is 65.5 Å². The molecule has 2 rings (SSSR count). The van der Waals surface area contributed by atoms with Gasteiger partial charge in [-0.15, -0.1) is 0 Å². The number of hydrogen-bond acceptors (Lipinski definition) is 1. The van der Waals surface area contributed by atoms with Gasteiger partial charge in [-0.2, -0.15) is 0 Å². The minimum absolute atomic E-state index is 0.117. The van der Waals surface area contributed by atoms with Gasteiger partial charge in [-0.25, -0.2) is 13.2 Å². The first-order valence-corrected chi connectivity index (χ1v) is 5.54. The van der Waals surface area contributed by atoms with E-state index in [0.29, 0.717) is 5.56 Å². The van der Waals surface area contributed by atoms with Crippen molar-refractivity contribution in [2.45, 2.75) is 6.42 Å². The van der Waals surface area contributed by atoms with E-state index < -0.39 is 23.4 Å². The Morgan fingerprint density at radius 1 is 1.00 bits per heavy atom. The molecule has 0 aliphatic carbocycles. The lowest BCUT2D eigenvalue weighted by molar-refractivity contribution is -0.115. The van der Waals surface area contributed by atoms with Crippen LogP contribution in [0.3, 0.4) is 0 Å². The molecule has 2 nitrogen and oxygen atoms in total. The molecule has 0 saturated heterocycles. The normalized spacial score (nSPS) is 10.3. The summed E-state index contributed by atoms with van der Waals surface area (Å²) in [6.07, 6.45) is -0.117. The molecule has 0 aromatic heterocycles. The molecule has 5 heteroatoms. The zero-order valence-electron chi connectivity index (χ0n) is 9.79. The molecule has 0 aliphatic heterocycles. The first-order valence-electron chi connectivity index (χ1n) is 5.54. The Labute approximate surface area is 107 Å². The molecule has 98 valence electrons. The third-order valence-corrected chi connectivity index (χ3v) is 2.46. The molecular formula is C14H10F3NO. The van der Waals surface area contributed by atoms with Crippen LogP contribution >= 0.6 is 0 Å². The smallest absolute Gasteiger partial charge is 0.228 e. The van der Waals surface area contributed by atoms with Crippen molar-refractivity contribution in [3.63, 3.8) is 0 Å². The monoisotopic (exact) mass is 265 g/mol. The largest absolute Gasteiger partial charge is 0.323 e. The summed E-state index contributed by atoms with van der Waals surface area (Å²) < 4.78 is 39.1. The van der Waals surface area contributed by atoms with Crippen LogP contribution < -0.4 is 5.32 Å². The van der Waals surface area contributed by atoms with Gasteiger partial charge in [0.2, 0.25) is 5.91 Å². The molecule has 1 amide bonds. The van der Waals surface area contributed by atoms with Gasteiger partial charge >= 0.3 is 0 Å². The van der Waals surface area contributed by atoms with Gasteiger partial charge in [0, 0.05) is 6.07 Å². The number of carbonyl (C=O) groups is 1. The average molecular weight is 265 g/mol. The number of amides is 1. The van der Waals surface area contributed by atoms with Crippen LogP contribution in [0.1, 0.15) is 5.56 Å². The Balaban J connectivity index is 2.07. The van der Waals surface area contributed by atoms with Gasteiger partial charge in [-0.3, -0.25) is 4.79 Å². The summed E-state index contributed by atoms with van der Waals surface area (Å²) in [4.78, 5) is 11.6. The van der Waals surface area contributed by atoms with Crippen molar-refractivity contribution in [3.8, 4) is 0 Å². The summed E-state index contributed by atoms with van der Waals surface area (Å²) in [6.45, 7) is 0. The number of nitrogens with one attached hydrogen (secondary N) is 1. The standard InChI is InChI=1S/C14H10F3NO/c15-10-3-1-2-9(6-10)7-14(19)18-13-8-11(16)4-5-12(13)17/h1-6,8H,7H2,(H,18,19). The van der Waals surface area contributed by atoms with Gasteiger partial charge in [0.05, 0.1) is 12.1 Å². The second-order valence-corrected chi connectivity index (χ2v) is 3.98. The number of hydrogen-bond donors (Lipinski definition) is 1. The minimum atomic E-state index is -0.728. The molecule has 0 aliphatic rings. The van der Waals surface area contributed by atoms with E-state index in [1.165, 1.54) is 18.2 Å². The summed E-state index contributed by atoms with van der Waals surface area (Å²) in [6, 6.07) is 8.28. The molecule has 1 N–H and O–H groups in total. The van der Waals surface area contributed by atoms with Crippen LogP contribution in [-0.2, 0) is 11.2 Å². The van der Waals surface area contributed by atoms with E-state index in [2.05, 4.69) is 5.32 Å². The molecule has 2 aromatic rings. The minimum Gasteiger partial charge on any atom is -0.323 e. The predicted octanol–water partition coefficient (Wildman–Crippen LogP) is 3.29. The average Bonchev–Trinajstić information content (AvgIpc) is 2.34. The molecule has 0 saturated carbocycles. The van der Waals surface area contributed by atoms with E-state index in [0.717, 1.165) is 18.2 Å². The fourth-order valence-electron chi connectivity index (χ4n) is 1.62. The van der Waals surface area contributed by atoms with Crippen LogP contribution in [0.15, 0.2) is 42.5 Å². The summed E-state index contributed by atoms with van der Waals surface area (Å²) in [5.74, 6) is -2.38. The van der Waals surface area contributed by atoms with Crippen LogP contribution in [0.2, 0.25) is 0 Å². The lowest BCUT2D eigenvalue weighted by atomic mass is 10.1. The third kappa shape index (κ3) is 3.58. The highest BCUT2D eigenvalue weighted by Gasteiger charge is 2.09. The van der Waals surface area contributed by atoms with Gasteiger partial charge < -0.3 is 5.32 Å². The van der Waals surface area contributed by atoms with Gasteiger partial charge in [0.25, 0.3) is 0 Å². The van der Waals surface area contributed by atoms with Gasteiger partial charge in [0.15, 0.2) is 0 Å². The van der Waals surface area contributed by atoms with Crippen molar-refractivity contribution in [1.82, 2.24) is 0 Å². The predicted molar refractivity (Wildman–Crippen MR) is 65.1 cm³/mol. The van der Waals surface area contributed by atoms with Gasteiger partial charge in [-0.05, 0) is 29.8 Å². The van der Waals surface area contributed by atoms with Crippen LogP contribution in [0.5, 0.6) is 0 Å². The molecule has 0 atom stereocenters. The van der Waals surface area contributed by atoms with E-state index in [-0.39, 0.29) is 12.1 Å². The Morgan fingerprint density at radius 3 is 2.47 bits per heavy atom. The molecule has 0 unspecified atom stereocenters. The summed E-state index contributed by atoms with van der Waals surface area (Å²) in [5, 5.41) is 2.24. The second-order valence-electron chi connectivity index (χ2n) is 3.98. The van der Waals surface area contributed by atoms with Crippen LogP contribution in [0.25, 0.3) is 0 Å².